The van der Waals surface area contributed by atoms with E-state index in [0.717, 1.165) is 11.5 Å². The van der Waals surface area contributed by atoms with Gasteiger partial charge in [-0.2, -0.15) is 25.3 Å². The predicted molar refractivity (Wildman–Crippen MR) is 39.1 cm³/mol. The molecule has 0 saturated heterocycles. The van der Waals surface area contributed by atoms with Crippen molar-refractivity contribution < 1.29 is 0 Å². The summed E-state index contributed by atoms with van der Waals surface area (Å²) in [4.78, 5) is 0. The third-order valence-electron chi connectivity index (χ3n) is 0.1000. The molecule has 0 aromatic carbocycles. The highest BCUT2D eigenvalue weighted by molar-refractivity contribution is 7.84. The first-order valence-electron chi connectivity index (χ1n) is 2.13. The van der Waals surface area contributed by atoms with E-state index in [4.69, 9.17) is 0 Å². The van der Waals surface area contributed by atoms with Gasteiger partial charge in [0.15, 0.2) is 0 Å². The lowest BCUT2D eigenvalue weighted by Gasteiger charge is -1.67. The van der Waals surface area contributed by atoms with E-state index in [0.29, 0.717) is 0 Å². The van der Waals surface area contributed by atoms with E-state index in [1.165, 1.54) is 0 Å². The van der Waals surface area contributed by atoms with Gasteiger partial charge in [0.1, 0.15) is 0 Å². The fourth-order valence-corrected chi connectivity index (χ4v) is 0. The van der Waals surface area contributed by atoms with Gasteiger partial charge < -0.3 is 0 Å². The van der Waals surface area contributed by atoms with E-state index in [1.54, 1.807) is 0 Å². The zero-order chi connectivity index (χ0) is 5.41. The number of hydrogen-bond donors (Lipinski definition) is 2. The summed E-state index contributed by atoms with van der Waals surface area (Å²) in [7, 11) is 0. The molecule has 0 nitrogen and oxygen atoms in total. The van der Waals surface area contributed by atoms with Crippen LogP contribution < -0.4 is 0 Å². The van der Waals surface area contributed by atoms with Crippen molar-refractivity contribution in [2.45, 2.75) is 13.8 Å². The van der Waals surface area contributed by atoms with E-state index in [2.05, 4.69) is 25.3 Å². The van der Waals surface area contributed by atoms with Crippen molar-refractivity contribution in [2.24, 2.45) is 0 Å². The minimum atomic E-state index is 0.878. The number of rotatable bonds is 1. The summed E-state index contributed by atoms with van der Waals surface area (Å²) in [5, 5.41) is 0. The zero-order valence-corrected chi connectivity index (χ0v) is 6.10. The molecule has 0 heterocycles. The Labute approximate surface area is 51.2 Å². The second-order valence-electron chi connectivity index (χ2n) is 0.447. The second kappa shape index (κ2) is 17.3. The third kappa shape index (κ3) is 22.3. The van der Waals surface area contributed by atoms with Crippen LogP contribution in [-0.2, 0) is 0 Å². The van der Waals surface area contributed by atoms with Crippen molar-refractivity contribution in [1.29, 1.82) is 0 Å². The van der Waals surface area contributed by atoms with Crippen molar-refractivity contribution in [2.75, 3.05) is 11.5 Å². The summed E-state index contributed by atoms with van der Waals surface area (Å²) in [5.74, 6) is 1.76. The lowest BCUT2D eigenvalue weighted by molar-refractivity contribution is 1.50. The van der Waals surface area contributed by atoms with Gasteiger partial charge in [0.05, 0.1) is 0 Å². The molecule has 0 atom stereocenters. The summed E-state index contributed by atoms with van der Waals surface area (Å²) in [6, 6.07) is 0. The standard InChI is InChI=1S/C2H6S2.C2H6/c3-1-2-4;1-2/h3-4H,1-2H2;1-2H3. The van der Waals surface area contributed by atoms with Gasteiger partial charge in [0.2, 0.25) is 0 Å². The van der Waals surface area contributed by atoms with Crippen LogP contribution in [0.25, 0.3) is 0 Å². The molecule has 0 bridgehead atoms. The summed E-state index contributed by atoms with van der Waals surface area (Å²) < 4.78 is 0. The zero-order valence-electron chi connectivity index (χ0n) is 4.31. The van der Waals surface area contributed by atoms with Crippen molar-refractivity contribution in [3.63, 3.8) is 0 Å². The van der Waals surface area contributed by atoms with Crippen LogP contribution in [0, 0.1) is 0 Å². The second-order valence-corrected chi connectivity index (χ2v) is 1.34. The van der Waals surface area contributed by atoms with Crippen LogP contribution in [0.1, 0.15) is 13.8 Å². The first-order chi connectivity index (χ1) is 2.91. The molecule has 2 heteroatoms. The molecule has 0 aliphatic heterocycles. The largest absolute Gasteiger partial charge is 0.179 e. The molecule has 6 heavy (non-hydrogen) atoms. The van der Waals surface area contributed by atoms with Gasteiger partial charge in [-0.1, -0.05) is 13.8 Å². The average Bonchev–Trinajstić information content (AvgIpc) is 1.72. The highest BCUT2D eigenvalue weighted by Gasteiger charge is 1.57. The summed E-state index contributed by atoms with van der Waals surface area (Å²) >= 11 is 7.69. The Hall–Kier alpha value is 0.700. The monoisotopic (exact) mass is 124 g/mol. The Morgan fingerprint density at radius 1 is 1.00 bits per heavy atom. The van der Waals surface area contributed by atoms with E-state index in [-0.39, 0.29) is 0 Å². The van der Waals surface area contributed by atoms with Crippen LogP contribution in [0.4, 0.5) is 0 Å². The highest BCUT2D eigenvalue weighted by atomic mass is 32.1. The van der Waals surface area contributed by atoms with Crippen LogP contribution in [0.2, 0.25) is 0 Å². The Bertz CT molecular complexity index is 7.51. The maximum Gasteiger partial charge on any atom is -0.000932 e. The van der Waals surface area contributed by atoms with E-state index < -0.39 is 0 Å². The van der Waals surface area contributed by atoms with E-state index in [1.807, 2.05) is 13.8 Å². The first-order valence-corrected chi connectivity index (χ1v) is 3.40. The lowest BCUT2D eigenvalue weighted by Crippen LogP contribution is -1.64. The molecule has 0 radical (unpaired) electrons. The van der Waals surface area contributed by atoms with Crippen LogP contribution >= 0.6 is 25.3 Å². The van der Waals surface area contributed by atoms with Gasteiger partial charge in [-0.25, -0.2) is 0 Å². The average molecular weight is 124 g/mol. The molecule has 0 aliphatic rings. The van der Waals surface area contributed by atoms with Gasteiger partial charge >= 0.3 is 0 Å². The molecule has 0 aromatic heterocycles. The van der Waals surface area contributed by atoms with Gasteiger partial charge in [0.25, 0.3) is 0 Å². The summed E-state index contributed by atoms with van der Waals surface area (Å²) in [5.41, 5.74) is 0. The molecule has 0 saturated carbocycles. The fourth-order valence-electron chi connectivity index (χ4n) is 0. The molecule has 0 spiro atoms. The van der Waals surface area contributed by atoms with E-state index >= 15 is 0 Å². The molecule has 0 rings (SSSR count). The van der Waals surface area contributed by atoms with Gasteiger partial charge in [0, 0.05) is 0 Å². The van der Waals surface area contributed by atoms with Gasteiger partial charge in [-0.15, -0.1) is 0 Å². The SMILES string of the molecule is CC.SCCS. The Balaban J connectivity index is 0. The van der Waals surface area contributed by atoms with Crippen molar-refractivity contribution in [3.05, 3.63) is 0 Å². The Kier molecular flexibility index (Phi) is 28.4. The third-order valence-corrected chi connectivity index (χ3v) is 0.900. The van der Waals surface area contributed by atoms with Crippen molar-refractivity contribution in [1.82, 2.24) is 0 Å². The van der Waals surface area contributed by atoms with Gasteiger partial charge in [-0.05, 0) is 11.5 Å². The van der Waals surface area contributed by atoms with Crippen molar-refractivity contribution in [3.8, 4) is 0 Å². The molecule has 0 N–H and O–H groups in total. The maximum atomic E-state index is 3.84. The van der Waals surface area contributed by atoms with Crippen LogP contribution in [-0.4, -0.2) is 11.5 Å². The molecule has 0 aromatic rings. The van der Waals surface area contributed by atoms with E-state index in [9.17, 15) is 0 Å². The summed E-state index contributed by atoms with van der Waals surface area (Å²) in [6.45, 7) is 4.00. The molecule has 40 valence electrons. The first kappa shape index (κ1) is 9.85. The Morgan fingerprint density at radius 3 is 1.17 bits per heavy atom. The molecular weight excluding hydrogens is 112 g/mol. The summed E-state index contributed by atoms with van der Waals surface area (Å²) in [6.07, 6.45) is 0. The molecule has 0 unspecified atom stereocenters. The van der Waals surface area contributed by atoms with Crippen LogP contribution in [0.3, 0.4) is 0 Å². The minimum Gasteiger partial charge on any atom is -0.179 e. The Morgan fingerprint density at radius 2 is 1.17 bits per heavy atom. The molecular formula is C4H12S2. The lowest BCUT2D eigenvalue weighted by atomic mass is 11.0. The number of thiol groups is 2. The molecule has 0 amide bonds. The fraction of sp³-hybridized carbons (Fsp3) is 1.00. The number of hydrogen-bond acceptors (Lipinski definition) is 2. The predicted octanol–water partition coefficient (Wildman–Crippen LogP) is 1.87. The molecule has 0 aliphatic carbocycles. The quantitative estimate of drug-likeness (QED) is 0.490. The maximum absolute atomic E-state index is 3.84. The van der Waals surface area contributed by atoms with Crippen molar-refractivity contribution >= 4 is 25.3 Å². The molecule has 0 fully saturated rings. The van der Waals surface area contributed by atoms with Gasteiger partial charge in [-0.3, -0.25) is 0 Å². The highest BCUT2D eigenvalue weighted by Crippen LogP contribution is 1.73. The van der Waals surface area contributed by atoms with Crippen LogP contribution in [0.5, 0.6) is 0 Å². The van der Waals surface area contributed by atoms with Crippen LogP contribution in [0.15, 0.2) is 0 Å². The topological polar surface area (TPSA) is 0 Å². The smallest absolute Gasteiger partial charge is 0.000932 e. The minimum absolute atomic E-state index is 0.878. The normalized spacial score (nSPS) is 6.00.